The summed E-state index contributed by atoms with van der Waals surface area (Å²) in [5, 5.41) is 37.5. The van der Waals surface area contributed by atoms with E-state index in [1.54, 1.807) is 0 Å². The summed E-state index contributed by atoms with van der Waals surface area (Å²) in [6.45, 7) is 2.24. The van der Waals surface area contributed by atoms with Crippen LogP contribution in [-0.2, 0) is 14.3 Å². The number of aliphatic hydroxyl groups excluding tert-OH is 2. The normalized spacial score (nSPS) is 22.2. The average Bonchev–Trinajstić information content (AvgIpc) is 3.39. The Kier molecular flexibility index (Phi) is 11.3. The number of fused-ring (bicyclic) bond motifs is 1. The molecule has 1 aliphatic heterocycles. The number of aliphatic hydroxyl groups is 2. The summed E-state index contributed by atoms with van der Waals surface area (Å²) in [4.78, 5) is 36.3. The van der Waals surface area contributed by atoms with Gasteiger partial charge in [0.25, 0.3) is 0 Å². The molecule has 220 valence electrons. The van der Waals surface area contributed by atoms with Crippen LogP contribution in [0, 0.1) is 0 Å². The van der Waals surface area contributed by atoms with Gasteiger partial charge in [-0.05, 0) is 40.0 Å². The van der Waals surface area contributed by atoms with Gasteiger partial charge in [-0.3, -0.25) is 9.36 Å². The summed E-state index contributed by atoms with van der Waals surface area (Å²) in [5.74, 6) is -3.60. The minimum atomic E-state index is -5.08. The Morgan fingerprint density at radius 2 is 1.77 bits per heavy atom. The number of halogens is 3. The molecule has 3 rings (SSSR count). The Balaban J connectivity index is 0.000000673. The molecule has 0 unspecified atom stereocenters. The van der Waals surface area contributed by atoms with Crippen molar-refractivity contribution in [1.82, 2.24) is 29.3 Å². The lowest BCUT2D eigenvalue weighted by Crippen LogP contribution is -2.43. The minimum absolute atomic E-state index is 0.208. The van der Waals surface area contributed by atoms with Crippen LogP contribution in [0.15, 0.2) is 12.7 Å². The predicted octanol–water partition coefficient (Wildman–Crippen LogP) is -1.28. The van der Waals surface area contributed by atoms with E-state index in [2.05, 4.69) is 19.9 Å². The van der Waals surface area contributed by atoms with Crippen LogP contribution in [0.25, 0.3) is 11.2 Å². The lowest BCUT2D eigenvalue weighted by molar-refractivity contribution is -0.192. The molecule has 0 radical (unpaired) electrons. The number of aliphatic carboxylic acids is 2. The van der Waals surface area contributed by atoms with E-state index in [1.807, 2.05) is 19.0 Å². The van der Waals surface area contributed by atoms with Crippen LogP contribution in [0.3, 0.4) is 0 Å². The SMILES string of the molecule is CN(C)CCCN(CC[C@H](N)C(=O)O)C[C@H]1O[C@@H](n2cnc3c(N)ncnc32)[C@H](O)[C@@H]1O.O=C(O)C(F)(F)F. The monoisotopic (exact) mass is 566 g/mol. The van der Waals surface area contributed by atoms with Gasteiger partial charge in [-0.15, -0.1) is 0 Å². The van der Waals surface area contributed by atoms with Crippen LogP contribution in [0.5, 0.6) is 0 Å². The van der Waals surface area contributed by atoms with Crippen molar-refractivity contribution < 1.29 is 47.9 Å². The molecular formula is C21H33F3N8O7. The second-order valence-corrected chi connectivity index (χ2v) is 9.12. The fraction of sp³-hybridized carbons (Fsp3) is 0.667. The van der Waals surface area contributed by atoms with Crippen LogP contribution in [0.2, 0.25) is 0 Å². The summed E-state index contributed by atoms with van der Waals surface area (Å²) < 4.78 is 39.3. The van der Waals surface area contributed by atoms with E-state index in [4.69, 9.17) is 31.2 Å². The van der Waals surface area contributed by atoms with E-state index in [0.717, 1.165) is 13.0 Å². The molecule has 15 nitrogen and oxygen atoms in total. The molecule has 2 aromatic rings. The van der Waals surface area contributed by atoms with Gasteiger partial charge in [0.2, 0.25) is 0 Å². The number of aromatic nitrogens is 4. The first-order valence-electron chi connectivity index (χ1n) is 11.7. The predicted molar refractivity (Wildman–Crippen MR) is 129 cm³/mol. The summed E-state index contributed by atoms with van der Waals surface area (Å²) >= 11 is 0. The molecule has 8 N–H and O–H groups in total. The largest absolute Gasteiger partial charge is 0.490 e. The molecule has 0 aliphatic carbocycles. The number of carboxylic acids is 2. The Hall–Kier alpha value is -3.16. The number of nitrogen functional groups attached to an aromatic ring is 1. The lowest BCUT2D eigenvalue weighted by atomic mass is 10.1. The molecule has 2 aromatic heterocycles. The maximum Gasteiger partial charge on any atom is 0.490 e. The van der Waals surface area contributed by atoms with Gasteiger partial charge in [-0.2, -0.15) is 13.2 Å². The number of anilines is 1. The van der Waals surface area contributed by atoms with E-state index < -0.39 is 48.7 Å². The minimum Gasteiger partial charge on any atom is -0.480 e. The van der Waals surface area contributed by atoms with Crippen molar-refractivity contribution in [3.05, 3.63) is 12.7 Å². The Bertz CT molecular complexity index is 1100. The van der Waals surface area contributed by atoms with Crippen molar-refractivity contribution in [3.63, 3.8) is 0 Å². The Labute approximate surface area is 220 Å². The quantitative estimate of drug-likeness (QED) is 0.186. The molecule has 0 amide bonds. The molecule has 18 heteroatoms. The highest BCUT2D eigenvalue weighted by Gasteiger charge is 2.45. The van der Waals surface area contributed by atoms with Crippen LogP contribution >= 0.6 is 0 Å². The van der Waals surface area contributed by atoms with Gasteiger partial charge in [-0.25, -0.2) is 19.7 Å². The topological polar surface area (TPSA) is 226 Å². The number of imidazole rings is 1. The number of ether oxygens (including phenoxy) is 1. The van der Waals surface area contributed by atoms with E-state index >= 15 is 0 Å². The maximum absolute atomic E-state index is 11.1. The van der Waals surface area contributed by atoms with E-state index in [1.165, 1.54) is 17.2 Å². The van der Waals surface area contributed by atoms with Crippen LogP contribution in [0.4, 0.5) is 19.0 Å². The number of carboxylic acid groups (broad SMARTS) is 2. The van der Waals surface area contributed by atoms with E-state index in [-0.39, 0.29) is 12.2 Å². The summed E-state index contributed by atoms with van der Waals surface area (Å²) in [6.07, 6.45) is -5.21. The molecule has 0 spiro atoms. The average molecular weight is 567 g/mol. The first-order chi connectivity index (χ1) is 18.1. The van der Waals surface area contributed by atoms with Crippen molar-refractivity contribution in [2.45, 2.75) is 49.6 Å². The first-order valence-corrected chi connectivity index (χ1v) is 11.7. The third kappa shape index (κ3) is 8.94. The smallest absolute Gasteiger partial charge is 0.480 e. The van der Waals surface area contributed by atoms with E-state index in [0.29, 0.717) is 30.8 Å². The lowest BCUT2D eigenvalue weighted by Gasteiger charge is -2.27. The molecule has 39 heavy (non-hydrogen) atoms. The van der Waals surface area contributed by atoms with Gasteiger partial charge in [0.15, 0.2) is 17.7 Å². The zero-order valence-corrected chi connectivity index (χ0v) is 21.3. The number of hydrogen-bond donors (Lipinski definition) is 6. The highest BCUT2D eigenvalue weighted by Crippen LogP contribution is 2.32. The molecule has 3 heterocycles. The van der Waals surface area contributed by atoms with Crippen molar-refractivity contribution in [2.75, 3.05) is 46.0 Å². The molecule has 5 atom stereocenters. The highest BCUT2D eigenvalue weighted by atomic mass is 19.4. The van der Waals surface area contributed by atoms with Crippen LogP contribution in [-0.4, -0.2) is 132 Å². The van der Waals surface area contributed by atoms with Gasteiger partial charge in [0, 0.05) is 13.1 Å². The number of nitrogens with two attached hydrogens (primary N) is 2. The Morgan fingerprint density at radius 1 is 1.13 bits per heavy atom. The maximum atomic E-state index is 11.1. The molecular weight excluding hydrogens is 533 g/mol. The fourth-order valence-corrected chi connectivity index (χ4v) is 3.77. The molecule has 0 saturated carbocycles. The van der Waals surface area contributed by atoms with Gasteiger partial charge in [0.1, 0.15) is 36.2 Å². The second-order valence-electron chi connectivity index (χ2n) is 9.12. The first kappa shape index (κ1) is 32.1. The number of rotatable bonds is 11. The number of carbonyl (C=O) groups is 2. The van der Waals surface area contributed by atoms with Gasteiger partial charge < -0.3 is 46.4 Å². The summed E-state index contributed by atoms with van der Waals surface area (Å²) in [6, 6.07) is -0.971. The number of hydrogen-bond acceptors (Lipinski definition) is 12. The molecule has 0 aromatic carbocycles. The van der Waals surface area contributed by atoms with Crippen LogP contribution in [0.1, 0.15) is 19.1 Å². The summed E-state index contributed by atoms with van der Waals surface area (Å²) in [7, 11) is 3.95. The fourth-order valence-electron chi connectivity index (χ4n) is 3.77. The molecule has 1 saturated heterocycles. The Morgan fingerprint density at radius 3 is 2.33 bits per heavy atom. The standard InChI is InChI=1S/C19H32N8O5.C2HF3O2/c1-25(2)5-3-6-26(7-4-11(20)19(30)31)8-12-14(28)15(29)18(32-12)27-10-24-13-16(21)22-9-23-17(13)27;3-2(4,5)1(6)7/h9-12,14-15,18,28-29H,3-8,20H2,1-2H3,(H,30,31)(H2,21,22,23);(H,6,7)/t11-,12+,14+,15+,18+;/m0./s1. The van der Waals surface area contributed by atoms with Crippen molar-refractivity contribution in [2.24, 2.45) is 5.73 Å². The highest BCUT2D eigenvalue weighted by molar-refractivity contribution is 5.81. The van der Waals surface area contributed by atoms with Gasteiger partial charge >= 0.3 is 18.1 Å². The molecule has 0 bridgehead atoms. The number of nitrogens with zero attached hydrogens (tertiary/aromatic N) is 6. The van der Waals surface area contributed by atoms with Crippen molar-refractivity contribution in [1.29, 1.82) is 0 Å². The van der Waals surface area contributed by atoms with E-state index in [9.17, 15) is 28.2 Å². The number of alkyl halides is 3. The van der Waals surface area contributed by atoms with Gasteiger partial charge in [0.05, 0.1) is 6.33 Å². The van der Waals surface area contributed by atoms with Crippen LogP contribution < -0.4 is 11.5 Å². The third-order valence-electron chi connectivity index (χ3n) is 5.83. The second kappa shape index (κ2) is 13.8. The summed E-state index contributed by atoms with van der Waals surface area (Å²) in [5.41, 5.74) is 12.3. The van der Waals surface area contributed by atoms with Crippen molar-refractivity contribution in [3.8, 4) is 0 Å². The molecule has 1 fully saturated rings. The zero-order chi connectivity index (χ0) is 29.5. The van der Waals surface area contributed by atoms with Crippen molar-refractivity contribution >= 4 is 28.9 Å². The third-order valence-corrected chi connectivity index (χ3v) is 5.83. The zero-order valence-electron chi connectivity index (χ0n) is 21.3. The van der Waals surface area contributed by atoms with Gasteiger partial charge in [-0.1, -0.05) is 0 Å². The molecule has 1 aliphatic rings.